The van der Waals surface area contributed by atoms with Crippen molar-refractivity contribution in [1.82, 2.24) is 0 Å². The normalized spacial score (nSPS) is 17.5. The lowest BCUT2D eigenvalue weighted by Gasteiger charge is -2.18. The van der Waals surface area contributed by atoms with Gasteiger partial charge in [-0.3, -0.25) is 4.79 Å². The van der Waals surface area contributed by atoms with Crippen LogP contribution in [0.4, 0.5) is 0 Å². The van der Waals surface area contributed by atoms with Crippen molar-refractivity contribution in [3.05, 3.63) is 53.1 Å². The molecule has 2 atom stereocenters. The lowest BCUT2D eigenvalue weighted by atomic mass is 9.90. The smallest absolute Gasteiger partial charge is 0.328 e. The van der Waals surface area contributed by atoms with Crippen molar-refractivity contribution in [3.63, 3.8) is 0 Å². The van der Waals surface area contributed by atoms with Crippen LogP contribution in [0.1, 0.15) is 28.7 Å². The van der Waals surface area contributed by atoms with Gasteiger partial charge in [0.25, 0.3) is 0 Å². The molecule has 8 nitrogen and oxygen atoms in total. The molecule has 0 aromatic heterocycles. The van der Waals surface area contributed by atoms with Gasteiger partial charge in [-0.1, -0.05) is 6.07 Å². The van der Waals surface area contributed by atoms with Crippen LogP contribution in [-0.2, 0) is 9.59 Å². The van der Waals surface area contributed by atoms with Crippen LogP contribution in [0.2, 0.25) is 0 Å². The summed E-state index contributed by atoms with van der Waals surface area (Å²) < 4.78 is 21.9. The molecule has 0 amide bonds. The number of rotatable bonds is 7. The Morgan fingerprint density at radius 3 is 2.24 bits per heavy atom. The summed E-state index contributed by atoms with van der Waals surface area (Å²) in [6.45, 7) is 0. The number of hydrogen-bond donors (Lipinski definition) is 2. The molecular formula is C21H20O8. The van der Waals surface area contributed by atoms with Crippen LogP contribution in [0, 0.1) is 0 Å². The molecule has 8 heteroatoms. The number of hydrogen-bond acceptors (Lipinski definition) is 6. The lowest BCUT2D eigenvalue weighted by Crippen LogP contribution is -2.18. The number of fused-ring (bicyclic) bond motifs is 1. The summed E-state index contributed by atoms with van der Waals surface area (Å²) in [7, 11) is 4.43. The number of benzene rings is 2. The molecule has 0 spiro atoms. The number of carbonyl (C=O) groups is 2. The number of ether oxygens (including phenoxy) is 4. The van der Waals surface area contributed by atoms with Gasteiger partial charge in [0.1, 0.15) is 12.0 Å². The summed E-state index contributed by atoms with van der Waals surface area (Å²) in [5.74, 6) is -1.61. The van der Waals surface area contributed by atoms with Crippen molar-refractivity contribution in [3.8, 4) is 23.0 Å². The molecule has 0 saturated heterocycles. The summed E-state index contributed by atoms with van der Waals surface area (Å²) in [6.07, 6.45) is 1.52. The number of aliphatic carboxylic acids is 2. The molecule has 0 bridgehead atoms. The highest BCUT2D eigenvalue weighted by Crippen LogP contribution is 2.51. The van der Waals surface area contributed by atoms with Crippen LogP contribution < -0.4 is 18.9 Å². The molecule has 1 aliphatic rings. The van der Waals surface area contributed by atoms with E-state index in [1.54, 1.807) is 30.3 Å². The first-order valence-electron chi connectivity index (χ1n) is 8.64. The Hall–Kier alpha value is -3.68. The minimum absolute atomic E-state index is 0.312. The second kappa shape index (κ2) is 8.14. The first-order valence-corrected chi connectivity index (χ1v) is 8.64. The average molecular weight is 400 g/mol. The van der Waals surface area contributed by atoms with Crippen LogP contribution in [0.5, 0.6) is 23.0 Å². The van der Waals surface area contributed by atoms with Gasteiger partial charge in [0, 0.05) is 11.6 Å². The molecule has 2 aromatic rings. The van der Waals surface area contributed by atoms with Crippen molar-refractivity contribution in [2.24, 2.45) is 0 Å². The van der Waals surface area contributed by atoms with Crippen LogP contribution in [0.3, 0.4) is 0 Å². The topological polar surface area (TPSA) is 112 Å². The van der Waals surface area contributed by atoms with Crippen LogP contribution in [-0.4, -0.2) is 43.5 Å². The van der Waals surface area contributed by atoms with Gasteiger partial charge in [0.2, 0.25) is 0 Å². The van der Waals surface area contributed by atoms with E-state index in [9.17, 15) is 14.7 Å². The van der Waals surface area contributed by atoms with Gasteiger partial charge < -0.3 is 29.2 Å². The highest BCUT2D eigenvalue weighted by Gasteiger charge is 2.42. The van der Waals surface area contributed by atoms with Crippen molar-refractivity contribution >= 4 is 18.0 Å². The maximum atomic E-state index is 12.1. The Bertz CT molecular complexity index is 979. The van der Waals surface area contributed by atoms with Crippen molar-refractivity contribution < 1.29 is 38.7 Å². The molecular weight excluding hydrogens is 380 g/mol. The second-order valence-corrected chi connectivity index (χ2v) is 6.28. The first-order chi connectivity index (χ1) is 13.9. The zero-order valence-corrected chi connectivity index (χ0v) is 16.0. The molecule has 0 aliphatic carbocycles. The standard InChI is InChI=1S/C21H20O8/c1-26-14-6-5-12(10-15(14)27-2)19-18(21(24)25)13-8-11(4-7-17(22)23)9-16(28-3)20(13)29-19/h4-10,18-19H,1-3H3,(H,22,23)(H,24,25)/b7-4+. The molecule has 2 unspecified atom stereocenters. The highest BCUT2D eigenvalue weighted by atomic mass is 16.5. The van der Waals surface area contributed by atoms with Gasteiger partial charge in [-0.15, -0.1) is 0 Å². The Balaban J connectivity index is 2.10. The predicted octanol–water partition coefficient (Wildman–Crippen LogP) is 3.11. The van der Waals surface area contributed by atoms with E-state index in [1.165, 1.54) is 27.4 Å². The fraction of sp³-hybridized carbons (Fsp3) is 0.238. The van der Waals surface area contributed by atoms with Gasteiger partial charge in [0.05, 0.1) is 21.3 Å². The van der Waals surface area contributed by atoms with Gasteiger partial charge in [-0.25, -0.2) is 4.79 Å². The fourth-order valence-electron chi connectivity index (χ4n) is 3.33. The summed E-state index contributed by atoms with van der Waals surface area (Å²) in [5.41, 5.74) is 1.49. The minimum Gasteiger partial charge on any atom is -0.493 e. The van der Waals surface area contributed by atoms with E-state index in [2.05, 4.69) is 0 Å². The Morgan fingerprint density at radius 2 is 1.66 bits per heavy atom. The fourth-order valence-corrected chi connectivity index (χ4v) is 3.33. The van der Waals surface area contributed by atoms with E-state index < -0.39 is 24.0 Å². The first kappa shape index (κ1) is 20.1. The molecule has 0 saturated carbocycles. The van der Waals surface area contributed by atoms with Crippen LogP contribution >= 0.6 is 0 Å². The largest absolute Gasteiger partial charge is 0.493 e. The predicted molar refractivity (Wildman–Crippen MR) is 103 cm³/mol. The summed E-state index contributed by atoms with van der Waals surface area (Å²) in [4.78, 5) is 22.9. The van der Waals surface area contributed by atoms with E-state index in [0.717, 1.165) is 6.08 Å². The molecule has 0 fully saturated rings. The van der Waals surface area contributed by atoms with Crippen molar-refractivity contribution in [1.29, 1.82) is 0 Å². The van der Waals surface area contributed by atoms with E-state index in [4.69, 9.17) is 24.1 Å². The Morgan fingerprint density at radius 1 is 0.966 bits per heavy atom. The summed E-state index contributed by atoms with van der Waals surface area (Å²) >= 11 is 0. The lowest BCUT2D eigenvalue weighted by molar-refractivity contribution is -0.140. The van der Waals surface area contributed by atoms with Crippen LogP contribution in [0.25, 0.3) is 6.08 Å². The molecule has 1 heterocycles. The zero-order valence-electron chi connectivity index (χ0n) is 16.0. The molecule has 1 aliphatic heterocycles. The third kappa shape index (κ3) is 3.82. The molecule has 0 radical (unpaired) electrons. The van der Waals surface area contributed by atoms with Crippen LogP contribution in [0.15, 0.2) is 36.4 Å². The molecule has 152 valence electrons. The molecule has 3 rings (SSSR count). The monoisotopic (exact) mass is 400 g/mol. The van der Waals surface area contributed by atoms with Crippen molar-refractivity contribution in [2.75, 3.05) is 21.3 Å². The summed E-state index contributed by atoms with van der Waals surface area (Å²) in [5, 5.41) is 18.8. The number of methoxy groups -OCH3 is 3. The third-order valence-electron chi connectivity index (χ3n) is 4.63. The van der Waals surface area contributed by atoms with E-state index in [0.29, 0.717) is 39.7 Å². The SMILES string of the molecule is COc1ccc(C2Oc3c(OC)cc(/C=C/C(=O)O)cc3C2C(=O)O)cc1OC. The molecule has 2 aromatic carbocycles. The zero-order chi connectivity index (χ0) is 21.1. The van der Waals surface area contributed by atoms with Gasteiger partial charge in [-0.2, -0.15) is 0 Å². The third-order valence-corrected chi connectivity index (χ3v) is 4.63. The number of carboxylic acids is 2. The Labute approximate surface area is 166 Å². The number of carboxylic acid groups (broad SMARTS) is 2. The minimum atomic E-state index is -1.11. The quantitative estimate of drug-likeness (QED) is 0.682. The van der Waals surface area contributed by atoms with E-state index >= 15 is 0 Å². The van der Waals surface area contributed by atoms with Gasteiger partial charge in [-0.05, 0) is 41.5 Å². The molecule has 29 heavy (non-hydrogen) atoms. The summed E-state index contributed by atoms with van der Waals surface area (Å²) in [6, 6.07) is 8.25. The van der Waals surface area contributed by atoms with Gasteiger partial charge >= 0.3 is 11.9 Å². The van der Waals surface area contributed by atoms with Gasteiger partial charge in [0.15, 0.2) is 23.0 Å². The van der Waals surface area contributed by atoms with E-state index in [1.807, 2.05) is 0 Å². The van der Waals surface area contributed by atoms with E-state index in [-0.39, 0.29) is 0 Å². The maximum Gasteiger partial charge on any atom is 0.328 e. The second-order valence-electron chi connectivity index (χ2n) is 6.28. The van der Waals surface area contributed by atoms with Crippen molar-refractivity contribution in [2.45, 2.75) is 12.0 Å². The molecule has 2 N–H and O–H groups in total. The Kier molecular flexibility index (Phi) is 5.63. The average Bonchev–Trinajstić information content (AvgIpc) is 3.10. The highest BCUT2D eigenvalue weighted by molar-refractivity contribution is 5.86. The maximum absolute atomic E-state index is 12.1.